The van der Waals surface area contributed by atoms with Gasteiger partial charge in [-0.15, -0.1) is 10.2 Å². The highest BCUT2D eigenvalue weighted by atomic mass is 16.4. The Bertz CT molecular complexity index is 457. The third-order valence-electron chi connectivity index (χ3n) is 2.02. The van der Waals surface area contributed by atoms with E-state index in [9.17, 15) is 0 Å². The van der Waals surface area contributed by atoms with Crippen LogP contribution in [-0.2, 0) is 0 Å². The van der Waals surface area contributed by atoms with Gasteiger partial charge in [-0.1, -0.05) is 12.0 Å². The van der Waals surface area contributed by atoms with E-state index in [2.05, 4.69) is 36.0 Å². The number of anilines is 2. The molecule has 0 bridgehead atoms. The number of hydrogen-bond acceptors (Lipinski definition) is 8. The van der Waals surface area contributed by atoms with Crippen LogP contribution in [0.5, 0.6) is 0 Å². The standard InChI is InChI=1S/C9H13N7O/c1-3-10-6(2)7-14-16-9(17-7)13-8-11-4-5-12-15-8/h4-6,10H,3H2,1-2H3,(H,11,13,15,16). The molecule has 0 aliphatic carbocycles. The zero-order valence-electron chi connectivity index (χ0n) is 9.58. The molecular formula is C9H13N7O. The Balaban J connectivity index is 2.04. The van der Waals surface area contributed by atoms with Crippen molar-refractivity contribution in [3.63, 3.8) is 0 Å². The van der Waals surface area contributed by atoms with Gasteiger partial charge >= 0.3 is 6.01 Å². The first-order chi connectivity index (χ1) is 8.29. The number of aromatic nitrogens is 5. The van der Waals surface area contributed by atoms with Crippen LogP contribution in [0.3, 0.4) is 0 Å². The average Bonchev–Trinajstić information content (AvgIpc) is 2.79. The molecule has 2 heterocycles. The van der Waals surface area contributed by atoms with Crippen molar-refractivity contribution in [2.24, 2.45) is 0 Å². The maximum atomic E-state index is 5.40. The first-order valence-corrected chi connectivity index (χ1v) is 5.27. The summed E-state index contributed by atoms with van der Waals surface area (Å²) in [6.45, 7) is 4.79. The lowest BCUT2D eigenvalue weighted by atomic mass is 10.3. The monoisotopic (exact) mass is 235 g/mol. The van der Waals surface area contributed by atoms with Crippen molar-refractivity contribution >= 4 is 12.0 Å². The highest BCUT2D eigenvalue weighted by molar-refractivity contribution is 5.37. The summed E-state index contributed by atoms with van der Waals surface area (Å²) >= 11 is 0. The lowest BCUT2D eigenvalue weighted by molar-refractivity contribution is 0.430. The van der Waals surface area contributed by atoms with Crippen molar-refractivity contribution in [3.05, 3.63) is 18.3 Å². The van der Waals surface area contributed by atoms with Crippen molar-refractivity contribution in [1.82, 2.24) is 30.7 Å². The minimum absolute atomic E-state index is 0.0119. The van der Waals surface area contributed by atoms with Crippen molar-refractivity contribution in [3.8, 4) is 0 Å². The van der Waals surface area contributed by atoms with E-state index in [1.165, 1.54) is 12.4 Å². The van der Waals surface area contributed by atoms with E-state index < -0.39 is 0 Å². The van der Waals surface area contributed by atoms with Crippen LogP contribution in [0.25, 0.3) is 0 Å². The highest BCUT2D eigenvalue weighted by Crippen LogP contribution is 2.15. The molecule has 90 valence electrons. The maximum Gasteiger partial charge on any atom is 0.322 e. The van der Waals surface area contributed by atoms with Gasteiger partial charge in [-0.05, 0) is 13.5 Å². The maximum absolute atomic E-state index is 5.40. The Morgan fingerprint density at radius 1 is 1.29 bits per heavy atom. The summed E-state index contributed by atoms with van der Waals surface area (Å²) in [6.07, 6.45) is 3.01. The third kappa shape index (κ3) is 2.94. The van der Waals surface area contributed by atoms with Gasteiger partial charge in [0.05, 0.1) is 18.4 Å². The van der Waals surface area contributed by atoms with Crippen molar-refractivity contribution in [2.75, 3.05) is 11.9 Å². The van der Waals surface area contributed by atoms with E-state index in [1.54, 1.807) is 0 Å². The van der Waals surface area contributed by atoms with Gasteiger partial charge in [0.15, 0.2) is 0 Å². The van der Waals surface area contributed by atoms with Gasteiger partial charge < -0.3 is 9.73 Å². The lowest BCUT2D eigenvalue weighted by Crippen LogP contribution is -2.17. The van der Waals surface area contributed by atoms with E-state index in [4.69, 9.17) is 4.42 Å². The summed E-state index contributed by atoms with van der Waals surface area (Å²) in [6, 6.07) is 0.260. The molecule has 8 nitrogen and oxygen atoms in total. The molecule has 2 aromatic heterocycles. The Labute approximate surface area is 97.9 Å². The van der Waals surface area contributed by atoms with Crippen LogP contribution < -0.4 is 10.6 Å². The zero-order chi connectivity index (χ0) is 12.1. The number of nitrogens with one attached hydrogen (secondary N) is 2. The fourth-order valence-corrected chi connectivity index (χ4v) is 1.25. The number of rotatable bonds is 5. The molecule has 1 atom stereocenters. The summed E-state index contributed by atoms with van der Waals surface area (Å²) in [4.78, 5) is 3.94. The second-order valence-corrected chi connectivity index (χ2v) is 3.32. The minimum atomic E-state index is 0.0119. The van der Waals surface area contributed by atoms with Crippen LogP contribution in [0.1, 0.15) is 25.8 Å². The average molecular weight is 235 g/mol. The summed E-state index contributed by atoms with van der Waals surface area (Å²) in [5, 5.41) is 21.1. The van der Waals surface area contributed by atoms with Crippen LogP contribution in [0.4, 0.5) is 12.0 Å². The Hall–Kier alpha value is -2.09. The molecule has 0 aliphatic rings. The summed E-state index contributed by atoms with van der Waals surface area (Å²) < 4.78 is 5.40. The predicted octanol–water partition coefficient (Wildman–Crippen LogP) is 0.669. The highest BCUT2D eigenvalue weighted by Gasteiger charge is 2.13. The number of nitrogens with zero attached hydrogens (tertiary/aromatic N) is 5. The van der Waals surface area contributed by atoms with E-state index in [-0.39, 0.29) is 12.1 Å². The van der Waals surface area contributed by atoms with E-state index in [0.29, 0.717) is 11.8 Å². The second-order valence-electron chi connectivity index (χ2n) is 3.32. The van der Waals surface area contributed by atoms with Crippen LogP contribution >= 0.6 is 0 Å². The first-order valence-electron chi connectivity index (χ1n) is 5.27. The Morgan fingerprint density at radius 3 is 2.88 bits per heavy atom. The topological polar surface area (TPSA) is 102 Å². The second kappa shape index (κ2) is 5.30. The van der Waals surface area contributed by atoms with E-state index >= 15 is 0 Å². The van der Waals surface area contributed by atoms with Crippen LogP contribution in [0, 0.1) is 0 Å². The molecule has 8 heteroatoms. The zero-order valence-corrected chi connectivity index (χ0v) is 9.58. The molecule has 17 heavy (non-hydrogen) atoms. The van der Waals surface area contributed by atoms with Crippen molar-refractivity contribution in [1.29, 1.82) is 0 Å². The van der Waals surface area contributed by atoms with Gasteiger partial charge in [0.2, 0.25) is 5.89 Å². The lowest BCUT2D eigenvalue weighted by Gasteiger charge is -2.05. The fraction of sp³-hybridized carbons (Fsp3) is 0.444. The van der Waals surface area contributed by atoms with Crippen LogP contribution in [0.15, 0.2) is 16.8 Å². The summed E-state index contributed by atoms with van der Waals surface area (Å²) in [7, 11) is 0. The molecule has 0 spiro atoms. The minimum Gasteiger partial charge on any atom is -0.406 e. The van der Waals surface area contributed by atoms with Crippen LogP contribution in [-0.4, -0.2) is 31.9 Å². The SMILES string of the molecule is CCNC(C)c1nnc(Nc2nccnn2)o1. The molecule has 2 aromatic rings. The molecule has 2 rings (SSSR count). The Kier molecular flexibility index (Phi) is 3.55. The molecule has 0 radical (unpaired) electrons. The molecule has 0 aliphatic heterocycles. The van der Waals surface area contributed by atoms with Crippen LogP contribution in [0.2, 0.25) is 0 Å². The molecule has 0 fully saturated rings. The van der Waals surface area contributed by atoms with Gasteiger partial charge in [0.1, 0.15) is 0 Å². The molecule has 1 unspecified atom stereocenters. The summed E-state index contributed by atoms with van der Waals surface area (Å²) in [5.41, 5.74) is 0. The normalized spacial score (nSPS) is 12.4. The van der Waals surface area contributed by atoms with E-state index in [0.717, 1.165) is 6.54 Å². The van der Waals surface area contributed by atoms with Gasteiger partial charge in [-0.3, -0.25) is 5.32 Å². The smallest absolute Gasteiger partial charge is 0.322 e. The molecule has 0 aromatic carbocycles. The molecule has 0 saturated heterocycles. The quantitative estimate of drug-likeness (QED) is 0.779. The van der Waals surface area contributed by atoms with Gasteiger partial charge in [0.25, 0.3) is 5.95 Å². The van der Waals surface area contributed by atoms with Gasteiger partial charge in [0, 0.05) is 0 Å². The fourth-order valence-electron chi connectivity index (χ4n) is 1.25. The third-order valence-corrected chi connectivity index (χ3v) is 2.02. The first kappa shape index (κ1) is 11.4. The molecule has 2 N–H and O–H groups in total. The van der Waals surface area contributed by atoms with Crippen molar-refractivity contribution < 1.29 is 4.42 Å². The molecule has 0 amide bonds. The largest absolute Gasteiger partial charge is 0.406 e. The Morgan fingerprint density at radius 2 is 2.18 bits per heavy atom. The van der Waals surface area contributed by atoms with Crippen molar-refractivity contribution in [2.45, 2.75) is 19.9 Å². The van der Waals surface area contributed by atoms with Gasteiger partial charge in [-0.2, -0.15) is 5.10 Å². The van der Waals surface area contributed by atoms with Gasteiger partial charge in [-0.25, -0.2) is 4.98 Å². The van der Waals surface area contributed by atoms with E-state index in [1.807, 2.05) is 13.8 Å². The summed E-state index contributed by atoms with van der Waals surface area (Å²) in [5.74, 6) is 0.831. The predicted molar refractivity (Wildman–Crippen MR) is 59.5 cm³/mol. The molecule has 0 saturated carbocycles. The molecular weight excluding hydrogens is 222 g/mol. The number of hydrogen-bond donors (Lipinski definition) is 2.